The van der Waals surface area contributed by atoms with Gasteiger partial charge in [0.25, 0.3) is 0 Å². The van der Waals surface area contributed by atoms with Gasteiger partial charge in [-0.15, -0.1) is 0 Å². The van der Waals surface area contributed by atoms with Crippen molar-refractivity contribution in [2.75, 3.05) is 33.2 Å². The quantitative estimate of drug-likeness (QED) is 0.546. The summed E-state index contributed by atoms with van der Waals surface area (Å²) < 4.78 is 29.2. The molecule has 0 unspecified atom stereocenters. The summed E-state index contributed by atoms with van der Waals surface area (Å²) in [5.74, 6) is 0.347. The molecule has 1 saturated heterocycles. The molecule has 5 nitrogen and oxygen atoms in total. The Morgan fingerprint density at radius 3 is 2.40 bits per heavy atom. The maximum Gasteiger partial charge on any atom is 0.220 e. The Hall–Kier alpha value is -2.18. The zero-order valence-corrected chi connectivity index (χ0v) is 18.1. The first-order valence-corrected chi connectivity index (χ1v) is 11.2. The van der Waals surface area contributed by atoms with E-state index in [1.807, 2.05) is 6.92 Å². The Kier molecular flexibility index (Phi) is 7.67. The number of guanidine groups is 1. The van der Waals surface area contributed by atoms with Gasteiger partial charge in [-0.3, -0.25) is 9.79 Å². The molecule has 1 saturated carbocycles. The Labute approximate surface area is 178 Å². The predicted octanol–water partition coefficient (Wildman–Crippen LogP) is 3.59. The van der Waals surface area contributed by atoms with Gasteiger partial charge >= 0.3 is 0 Å². The summed E-state index contributed by atoms with van der Waals surface area (Å²) in [6.45, 7) is 4.79. The molecule has 0 aromatic heterocycles. The fraction of sp³-hybridized carbons (Fsp3) is 0.652. The van der Waals surface area contributed by atoms with Crippen LogP contribution >= 0.6 is 0 Å². The molecule has 1 amide bonds. The first kappa shape index (κ1) is 22.5. The number of likely N-dealkylation sites (tertiary alicyclic amines) is 1. The Bertz CT molecular complexity index is 733. The lowest BCUT2D eigenvalue weighted by molar-refractivity contribution is -0.121. The molecule has 1 heterocycles. The number of carbonyl (C=O) groups is 1. The van der Waals surface area contributed by atoms with E-state index in [0.717, 1.165) is 64.1 Å². The molecule has 1 aliphatic heterocycles. The lowest BCUT2D eigenvalue weighted by Gasteiger charge is -2.35. The topological polar surface area (TPSA) is 56.7 Å². The molecule has 0 radical (unpaired) electrons. The number of amides is 1. The average molecular weight is 421 g/mol. The lowest BCUT2D eigenvalue weighted by Crippen LogP contribution is -2.46. The van der Waals surface area contributed by atoms with E-state index in [-0.39, 0.29) is 11.5 Å². The Morgan fingerprint density at radius 1 is 1.20 bits per heavy atom. The van der Waals surface area contributed by atoms with Gasteiger partial charge in [0, 0.05) is 44.1 Å². The molecule has 2 N–H and O–H groups in total. The lowest BCUT2D eigenvalue weighted by atomic mass is 9.78. The van der Waals surface area contributed by atoms with Gasteiger partial charge in [0.2, 0.25) is 5.91 Å². The molecular weight excluding hydrogens is 386 g/mol. The second kappa shape index (κ2) is 10.2. The smallest absolute Gasteiger partial charge is 0.220 e. The Morgan fingerprint density at radius 2 is 1.83 bits per heavy atom. The van der Waals surface area contributed by atoms with E-state index >= 15 is 0 Å². The number of rotatable bonds is 6. The zero-order chi connectivity index (χ0) is 21.6. The third-order valence-electron chi connectivity index (χ3n) is 6.59. The van der Waals surface area contributed by atoms with Crippen LogP contribution in [0.5, 0.6) is 0 Å². The van der Waals surface area contributed by atoms with E-state index in [4.69, 9.17) is 4.99 Å². The molecule has 0 atom stereocenters. The average Bonchev–Trinajstić information content (AvgIpc) is 3.21. The van der Waals surface area contributed by atoms with Gasteiger partial charge in [0.05, 0.1) is 6.54 Å². The van der Waals surface area contributed by atoms with Crippen molar-refractivity contribution in [2.24, 2.45) is 10.9 Å². The van der Waals surface area contributed by atoms with Crippen molar-refractivity contribution in [1.82, 2.24) is 15.5 Å². The van der Waals surface area contributed by atoms with Crippen molar-refractivity contribution in [1.29, 1.82) is 0 Å². The van der Waals surface area contributed by atoms with Crippen LogP contribution < -0.4 is 10.6 Å². The van der Waals surface area contributed by atoms with Crippen molar-refractivity contribution >= 4 is 11.9 Å². The number of hydrogen-bond donors (Lipinski definition) is 2. The molecule has 1 aromatic carbocycles. The molecule has 2 fully saturated rings. The van der Waals surface area contributed by atoms with Crippen molar-refractivity contribution < 1.29 is 13.6 Å². The maximum absolute atomic E-state index is 14.6. The number of carbonyl (C=O) groups excluding carboxylic acids is 1. The number of piperidine rings is 1. The first-order chi connectivity index (χ1) is 14.5. The highest BCUT2D eigenvalue weighted by molar-refractivity contribution is 5.80. The van der Waals surface area contributed by atoms with E-state index in [1.165, 1.54) is 18.2 Å². The summed E-state index contributed by atoms with van der Waals surface area (Å²) in [5, 5.41) is 6.05. The highest BCUT2D eigenvalue weighted by Crippen LogP contribution is 2.43. The van der Waals surface area contributed by atoms with Gasteiger partial charge in [0.15, 0.2) is 5.96 Å². The van der Waals surface area contributed by atoms with Crippen LogP contribution in [0.15, 0.2) is 23.2 Å². The van der Waals surface area contributed by atoms with Crippen LogP contribution in [0, 0.1) is 17.6 Å². The molecule has 0 spiro atoms. The molecule has 0 bridgehead atoms. The number of aliphatic imine (C=N–C) groups is 1. The van der Waals surface area contributed by atoms with Crippen molar-refractivity contribution in [3.8, 4) is 0 Å². The number of benzene rings is 1. The highest BCUT2D eigenvalue weighted by atomic mass is 19.1. The van der Waals surface area contributed by atoms with Crippen LogP contribution in [0.4, 0.5) is 8.78 Å². The van der Waals surface area contributed by atoms with Gasteiger partial charge in [-0.05, 0) is 50.7 Å². The fourth-order valence-electron chi connectivity index (χ4n) is 4.91. The van der Waals surface area contributed by atoms with Crippen molar-refractivity contribution in [2.45, 2.75) is 57.3 Å². The summed E-state index contributed by atoms with van der Waals surface area (Å²) in [4.78, 5) is 18.7. The zero-order valence-electron chi connectivity index (χ0n) is 18.1. The summed E-state index contributed by atoms with van der Waals surface area (Å²) in [6.07, 6.45) is 5.86. The van der Waals surface area contributed by atoms with Gasteiger partial charge < -0.3 is 15.5 Å². The van der Waals surface area contributed by atoms with Gasteiger partial charge in [-0.1, -0.05) is 18.9 Å². The molecule has 2 aliphatic rings. The van der Waals surface area contributed by atoms with E-state index in [9.17, 15) is 13.6 Å². The monoisotopic (exact) mass is 420 g/mol. The summed E-state index contributed by atoms with van der Waals surface area (Å²) in [7, 11) is 1.67. The van der Waals surface area contributed by atoms with Crippen LogP contribution in [-0.2, 0) is 10.2 Å². The molecule has 30 heavy (non-hydrogen) atoms. The summed E-state index contributed by atoms with van der Waals surface area (Å²) in [6, 6.07) is 4.13. The Balaban J connectivity index is 1.74. The van der Waals surface area contributed by atoms with Crippen LogP contribution in [0.2, 0.25) is 0 Å². The number of hydrogen-bond acceptors (Lipinski definition) is 2. The SMILES string of the molecule is CCNC(=NCC1(c2c(F)cccc2F)CCCC1)N1CCC(CC(=O)NC)CC1. The predicted molar refractivity (Wildman–Crippen MR) is 115 cm³/mol. The molecular formula is C23H34F2N4O. The standard InChI is InChI=1S/C23H34F2N4O/c1-3-27-22(29-13-9-17(10-14-29)15-20(30)26-2)28-16-23(11-4-5-12-23)21-18(24)7-6-8-19(21)25/h6-8,17H,3-5,9-16H2,1-2H3,(H,26,30)(H,27,28). The second-order valence-electron chi connectivity index (χ2n) is 8.56. The summed E-state index contributed by atoms with van der Waals surface area (Å²) in [5.41, 5.74) is -0.375. The van der Waals surface area contributed by atoms with Crippen molar-refractivity contribution in [3.63, 3.8) is 0 Å². The minimum absolute atomic E-state index is 0.0871. The van der Waals surface area contributed by atoms with Crippen LogP contribution in [0.25, 0.3) is 0 Å². The highest BCUT2D eigenvalue weighted by Gasteiger charge is 2.40. The molecule has 7 heteroatoms. The van der Waals surface area contributed by atoms with Gasteiger partial charge in [-0.2, -0.15) is 0 Å². The number of halogens is 2. The van der Waals surface area contributed by atoms with E-state index in [0.29, 0.717) is 18.9 Å². The van der Waals surface area contributed by atoms with Crippen LogP contribution in [0.3, 0.4) is 0 Å². The molecule has 166 valence electrons. The van der Waals surface area contributed by atoms with Gasteiger partial charge in [-0.25, -0.2) is 8.78 Å². The molecule has 1 aromatic rings. The fourth-order valence-corrected chi connectivity index (χ4v) is 4.91. The number of nitrogens with zero attached hydrogens (tertiary/aromatic N) is 2. The third-order valence-corrected chi connectivity index (χ3v) is 6.59. The largest absolute Gasteiger partial charge is 0.359 e. The second-order valence-corrected chi connectivity index (χ2v) is 8.56. The first-order valence-electron chi connectivity index (χ1n) is 11.2. The molecule has 1 aliphatic carbocycles. The third kappa shape index (κ3) is 5.10. The van der Waals surface area contributed by atoms with Crippen LogP contribution in [-0.4, -0.2) is 50.0 Å². The van der Waals surface area contributed by atoms with Crippen molar-refractivity contribution in [3.05, 3.63) is 35.4 Å². The minimum atomic E-state index is -0.576. The molecule has 3 rings (SSSR count). The normalized spacial score (nSPS) is 19.7. The van der Waals surface area contributed by atoms with Gasteiger partial charge in [0.1, 0.15) is 11.6 Å². The van der Waals surface area contributed by atoms with E-state index in [2.05, 4.69) is 15.5 Å². The maximum atomic E-state index is 14.6. The minimum Gasteiger partial charge on any atom is -0.359 e. The summed E-state index contributed by atoms with van der Waals surface area (Å²) >= 11 is 0. The van der Waals surface area contributed by atoms with E-state index < -0.39 is 17.0 Å². The number of nitrogens with one attached hydrogen (secondary N) is 2. The van der Waals surface area contributed by atoms with Crippen LogP contribution in [0.1, 0.15) is 57.4 Å². The van der Waals surface area contributed by atoms with E-state index in [1.54, 1.807) is 7.05 Å².